The van der Waals surface area contributed by atoms with Gasteiger partial charge < -0.3 is 14.8 Å². The third kappa shape index (κ3) is 5.16. The molecule has 170 valence electrons. The minimum atomic E-state index is -0.425. The summed E-state index contributed by atoms with van der Waals surface area (Å²) in [6, 6.07) is 23.1. The molecule has 0 heterocycles. The lowest BCUT2D eigenvalue weighted by Gasteiger charge is -2.13. The molecule has 0 aliphatic heterocycles. The van der Waals surface area contributed by atoms with E-state index >= 15 is 0 Å². The molecule has 0 spiro atoms. The van der Waals surface area contributed by atoms with Crippen LogP contribution >= 0.6 is 0 Å². The first-order chi connectivity index (χ1) is 16.5. The van der Waals surface area contributed by atoms with E-state index in [1.165, 1.54) is 18.2 Å². The Morgan fingerprint density at radius 3 is 2.59 bits per heavy atom. The van der Waals surface area contributed by atoms with Crippen LogP contribution in [0.5, 0.6) is 11.5 Å². The van der Waals surface area contributed by atoms with Gasteiger partial charge in [0.1, 0.15) is 23.9 Å². The van der Waals surface area contributed by atoms with E-state index in [0.717, 1.165) is 27.6 Å². The Balaban J connectivity index is 1.43. The molecule has 0 saturated heterocycles. The number of hydrogen-bond acceptors (Lipinski definition) is 4. The molecule has 0 saturated carbocycles. The van der Waals surface area contributed by atoms with Crippen LogP contribution in [0.2, 0.25) is 0 Å². The first-order valence-electron chi connectivity index (χ1n) is 10.7. The van der Waals surface area contributed by atoms with Gasteiger partial charge in [-0.1, -0.05) is 24.3 Å². The van der Waals surface area contributed by atoms with E-state index in [1.807, 2.05) is 49.4 Å². The van der Waals surface area contributed by atoms with Crippen molar-refractivity contribution in [2.45, 2.75) is 20.0 Å². The number of carbonyl (C=O) groups is 1. The summed E-state index contributed by atoms with van der Waals surface area (Å²) in [7, 11) is 1.62. The number of methoxy groups -OCH3 is 1. The molecule has 0 aliphatic rings. The molecule has 0 atom stereocenters. The minimum Gasteiger partial charge on any atom is -0.497 e. The number of halogens is 1. The Bertz CT molecular complexity index is 1410. The summed E-state index contributed by atoms with van der Waals surface area (Å²) in [5.74, 6) is 0.720. The number of carbonyl (C=O) groups excluding carboxylic acids is 1. The molecule has 4 rings (SSSR count). The topological polar surface area (TPSA) is 71.3 Å². The maximum absolute atomic E-state index is 14.0. The highest BCUT2D eigenvalue weighted by Gasteiger charge is 2.11. The average Bonchev–Trinajstić information content (AvgIpc) is 2.85. The normalized spacial score (nSPS) is 10.5. The van der Waals surface area contributed by atoms with E-state index in [9.17, 15) is 9.18 Å². The summed E-state index contributed by atoms with van der Waals surface area (Å²) >= 11 is 0. The van der Waals surface area contributed by atoms with Crippen LogP contribution in [0.15, 0.2) is 72.8 Å². The predicted octanol–water partition coefficient (Wildman–Crippen LogP) is 5.93. The molecular weight excluding hydrogens is 431 g/mol. The summed E-state index contributed by atoms with van der Waals surface area (Å²) in [4.78, 5) is 12.8. The van der Waals surface area contributed by atoms with E-state index in [-0.39, 0.29) is 18.9 Å². The highest BCUT2D eigenvalue weighted by atomic mass is 19.1. The van der Waals surface area contributed by atoms with Gasteiger partial charge in [0, 0.05) is 11.3 Å². The van der Waals surface area contributed by atoms with Gasteiger partial charge in [0.15, 0.2) is 0 Å². The second kappa shape index (κ2) is 10.1. The summed E-state index contributed by atoms with van der Waals surface area (Å²) in [5.41, 5.74) is 3.08. The number of benzene rings is 4. The fourth-order valence-electron chi connectivity index (χ4n) is 3.75. The maximum atomic E-state index is 14.0. The van der Waals surface area contributed by atoms with Gasteiger partial charge in [0.2, 0.25) is 5.91 Å². The number of amides is 1. The summed E-state index contributed by atoms with van der Waals surface area (Å²) in [6.45, 7) is 1.86. The van der Waals surface area contributed by atoms with Crippen LogP contribution in [0.4, 0.5) is 10.1 Å². The molecule has 34 heavy (non-hydrogen) atoms. The average molecular weight is 455 g/mol. The largest absolute Gasteiger partial charge is 0.497 e. The van der Waals surface area contributed by atoms with Gasteiger partial charge in [-0.25, -0.2) is 4.39 Å². The lowest BCUT2D eigenvalue weighted by Crippen LogP contribution is -2.15. The fourth-order valence-corrected chi connectivity index (χ4v) is 3.75. The van der Waals surface area contributed by atoms with E-state index in [1.54, 1.807) is 25.3 Å². The summed E-state index contributed by atoms with van der Waals surface area (Å²) < 4.78 is 25.0. The Hall–Kier alpha value is -4.37. The Morgan fingerprint density at radius 1 is 1.00 bits per heavy atom. The lowest BCUT2D eigenvalue weighted by molar-refractivity contribution is -0.115. The number of rotatable bonds is 7. The second-order valence-corrected chi connectivity index (χ2v) is 7.91. The molecule has 0 aromatic heterocycles. The molecular formula is C28H23FN2O3. The molecule has 0 radical (unpaired) electrons. The van der Waals surface area contributed by atoms with Crippen LogP contribution in [0, 0.1) is 24.1 Å². The molecule has 6 heteroatoms. The SMILES string of the molecule is COc1ccc2cccc(CC(=O)Nc3ccc(OCc4cc(C#N)ccc4F)cc3C)c2c1. The van der Waals surface area contributed by atoms with Gasteiger partial charge in [-0.05, 0) is 77.4 Å². The van der Waals surface area contributed by atoms with Crippen molar-refractivity contribution < 1.29 is 18.7 Å². The number of hydrogen-bond donors (Lipinski definition) is 1. The van der Waals surface area contributed by atoms with Gasteiger partial charge in [0.05, 0.1) is 25.2 Å². The van der Waals surface area contributed by atoms with Crippen molar-refractivity contribution in [1.82, 2.24) is 0 Å². The van der Waals surface area contributed by atoms with Crippen molar-refractivity contribution >= 4 is 22.4 Å². The first-order valence-corrected chi connectivity index (χ1v) is 10.7. The van der Waals surface area contributed by atoms with E-state index in [0.29, 0.717) is 22.6 Å². The van der Waals surface area contributed by atoms with Crippen LogP contribution in [-0.4, -0.2) is 13.0 Å². The first kappa shape index (κ1) is 22.8. The zero-order valence-electron chi connectivity index (χ0n) is 18.9. The minimum absolute atomic E-state index is 0.00293. The maximum Gasteiger partial charge on any atom is 0.228 e. The number of anilines is 1. The highest BCUT2D eigenvalue weighted by molar-refractivity contribution is 5.97. The van der Waals surface area contributed by atoms with Crippen LogP contribution in [0.1, 0.15) is 22.3 Å². The number of nitrogens with zero attached hydrogens (tertiary/aromatic N) is 1. The Morgan fingerprint density at radius 2 is 1.82 bits per heavy atom. The second-order valence-electron chi connectivity index (χ2n) is 7.91. The van der Waals surface area contributed by atoms with Crippen LogP contribution in [0.3, 0.4) is 0 Å². The van der Waals surface area contributed by atoms with Gasteiger partial charge in [0.25, 0.3) is 0 Å². The Kier molecular flexibility index (Phi) is 6.74. The molecule has 0 fully saturated rings. The third-order valence-corrected chi connectivity index (χ3v) is 5.57. The number of ether oxygens (including phenoxy) is 2. The Labute approximate surface area is 197 Å². The molecule has 0 unspecified atom stereocenters. The molecule has 0 aliphatic carbocycles. The molecule has 4 aromatic carbocycles. The van der Waals surface area contributed by atoms with Crippen molar-refractivity contribution in [3.05, 3.63) is 101 Å². The molecule has 1 amide bonds. The quantitative estimate of drug-likeness (QED) is 0.376. The van der Waals surface area contributed by atoms with Crippen molar-refractivity contribution in [3.63, 3.8) is 0 Å². The highest BCUT2D eigenvalue weighted by Crippen LogP contribution is 2.26. The number of fused-ring (bicyclic) bond motifs is 1. The number of nitriles is 1. The zero-order chi connectivity index (χ0) is 24.1. The van der Waals surface area contributed by atoms with Crippen molar-refractivity contribution in [2.75, 3.05) is 12.4 Å². The molecule has 1 N–H and O–H groups in total. The lowest BCUT2D eigenvalue weighted by atomic mass is 10.0. The van der Waals surface area contributed by atoms with E-state index in [2.05, 4.69) is 5.32 Å². The monoisotopic (exact) mass is 454 g/mol. The van der Waals surface area contributed by atoms with Crippen LogP contribution in [0.25, 0.3) is 10.8 Å². The molecule has 0 bridgehead atoms. The van der Waals surface area contributed by atoms with Gasteiger partial charge >= 0.3 is 0 Å². The predicted molar refractivity (Wildman–Crippen MR) is 129 cm³/mol. The van der Waals surface area contributed by atoms with Crippen LogP contribution < -0.4 is 14.8 Å². The van der Waals surface area contributed by atoms with Gasteiger partial charge in [-0.15, -0.1) is 0 Å². The van der Waals surface area contributed by atoms with Gasteiger partial charge in [-0.2, -0.15) is 5.26 Å². The zero-order valence-corrected chi connectivity index (χ0v) is 18.9. The van der Waals surface area contributed by atoms with Crippen molar-refractivity contribution in [3.8, 4) is 17.6 Å². The summed E-state index contributed by atoms with van der Waals surface area (Å²) in [5, 5.41) is 14.0. The van der Waals surface area contributed by atoms with E-state index in [4.69, 9.17) is 14.7 Å². The summed E-state index contributed by atoms with van der Waals surface area (Å²) in [6.07, 6.45) is 0.219. The van der Waals surface area contributed by atoms with Gasteiger partial charge in [-0.3, -0.25) is 4.79 Å². The van der Waals surface area contributed by atoms with Crippen molar-refractivity contribution in [2.24, 2.45) is 0 Å². The standard InChI is InChI=1S/C28H23FN2O3/c1-18-12-24(34-17-22-13-19(16-30)6-10-26(22)29)9-11-27(18)31-28(32)14-21-5-3-4-20-7-8-23(33-2)15-25(20)21/h3-13,15H,14,17H2,1-2H3,(H,31,32). The molecule has 5 nitrogen and oxygen atoms in total. The van der Waals surface area contributed by atoms with Crippen molar-refractivity contribution in [1.29, 1.82) is 5.26 Å². The fraction of sp³-hybridized carbons (Fsp3) is 0.143. The van der Waals surface area contributed by atoms with E-state index < -0.39 is 5.82 Å². The third-order valence-electron chi connectivity index (χ3n) is 5.57. The number of aryl methyl sites for hydroxylation is 1. The smallest absolute Gasteiger partial charge is 0.228 e. The molecule has 4 aromatic rings. The number of nitrogens with one attached hydrogen (secondary N) is 1. The van der Waals surface area contributed by atoms with Crippen LogP contribution in [-0.2, 0) is 17.8 Å².